The molecule has 168 valence electrons. The van der Waals surface area contributed by atoms with Crippen molar-refractivity contribution in [2.75, 3.05) is 26.2 Å². The molecular weight excluding hydrogens is 424 g/mol. The van der Waals surface area contributed by atoms with Crippen molar-refractivity contribution in [1.82, 2.24) is 4.98 Å². The third-order valence-corrected chi connectivity index (χ3v) is 5.41. The van der Waals surface area contributed by atoms with E-state index in [2.05, 4.69) is 4.98 Å². The minimum atomic E-state index is -0.939. The van der Waals surface area contributed by atoms with Crippen molar-refractivity contribution in [3.05, 3.63) is 83.6 Å². The van der Waals surface area contributed by atoms with Crippen molar-refractivity contribution >= 4 is 23.3 Å². The minimum Gasteiger partial charge on any atom is -0.507 e. The van der Waals surface area contributed by atoms with Gasteiger partial charge in [-0.15, -0.1) is 0 Å². The van der Waals surface area contributed by atoms with Crippen LogP contribution in [0.4, 0.5) is 5.82 Å². The average Bonchev–Trinajstić information content (AvgIpc) is 3.13. The van der Waals surface area contributed by atoms with Crippen LogP contribution in [0.3, 0.4) is 0 Å². The van der Waals surface area contributed by atoms with Crippen LogP contribution < -0.4 is 19.1 Å². The Morgan fingerprint density at radius 3 is 2.36 bits per heavy atom. The van der Waals surface area contributed by atoms with Gasteiger partial charge >= 0.3 is 5.91 Å². The van der Waals surface area contributed by atoms with E-state index in [4.69, 9.17) is 14.2 Å². The van der Waals surface area contributed by atoms with Crippen LogP contribution in [0.2, 0.25) is 0 Å². The molecule has 0 spiro atoms. The monoisotopic (exact) mass is 446 g/mol. The number of ether oxygens (including phenoxy) is 3. The van der Waals surface area contributed by atoms with Crippen LogP contribution in [0.25, 0.3) is 5.76 Å². The molecule has 1 atom stereocenters. The van der Waals surface area contributed by atoms with Gasteiger partial charge in [0, 0.05) is 11.8 Å². The summed E-state index contributed by atoms with van der Waals surface area (Å²) in [7, 11) is 4.51. The third-order valence-electron chi connectivity index (χ3n) is 5.41. The number of nitrogens with zero attached hydrogens (tertiary/aromatic N) is 2. The lowest BCUT2D eigenvalue weighted by Crippen LogP contribution is -2.30. The number of rotatable bonds is 6. The van der Waals surface area contributed by atoms with E-state index in [1.54, 1.807) is 60.7 Å². The standard InChI is InChI=1S/C25H22N2O6/c1-31-17-8-6-7-16(13-17)23(28)21-22(15-10-11-18(32-2)19(14-15)33-3)27(25(30)24(21)29)20-9-4-5-12-26-20/h4-14,22,28H,1-3H3/b23-21+/t22-/m1/s1. The van der Waals surface area contributed by atoms with Gasteiger partial charge in [-0.05, 0) is 42.0 Å². The van der Waals surface area contributed by atoms with Crippen molar-refractivity contribution < 1.29 is 28.9 Å². The van der Waals surface area contributed by atoms with Gasteiger partial charge < -0.3 is 19.3 Å². The number of hydrogen-bond acceptors (Lipinski definition) is 7. The van der Waals surface area contributed by atoms with E-state index in [1.165, 1.54) is 32.4 Å². The fraction of sp³-hybridized carbons (Fsp3) is 0.160. The number of ketones is 1. The number of hydrogen-bond donors (Lipinski definition) is 1. The number of aliphatic hydroxyl groups is 1. The smallest absolute Gasteiger partial charge is 0.301 e. The molecule has 8 nitrogen and oxygen atoms in total. The summed E-state index contributed by atoms with van der Waals surface area (Å²) in [6, 6.07) is 15.8. The normalized spacial score (nSPS) is 17.2. The Kier molecular flexibility index (Phi) is 5.99. The Morgan fingerprint density at radius 1 is 0.909 bits per heavy atom. The highest BCUT2D eigenvalue weighted by Gasteiger charge is 2.47. The molecule has 0 unspecified atom stereocenters. The highest BCUT2D eigenvalue weighted by atomic mass is 16.5. The van der Waals surface area contributed by atoms with E-state index < -0.39 is 17.7 Å². The molecule has 1 aromatic heterocycles. The molecular formula is C25H22N2O6. The molecule has 1 aliphatic rings. The summed E-state index contributed by atoms with van der Waals surface area (Å²) in [4.78, 5) is 31.9. The highest BCUT2D eigenvalue weighted by Crippen LogP contribution is 2.43. The van der Waals surface area contributed by atoms with Gasteiger partial charge in [-0.1, -0.05) is 24.3 Å². The van der Waals surface area contributed by atoms with Crippen LogP contribution >= 0.6 is 0 Å². The van der Waals surface area contributed by atoms with Gasteiger partial charge in [0.25, 0.3) is 5.78 Å². The number of carbonyl (C=O) groups is 2. The first-order valence-corrected chi connectivity index (χ1v) is 10.1. The number of carbonyl (C=O) groups excluding carboxylic acids is 2. The predicted molar refractivity (Wildman–Crippen MR) is 122 cm³/mol. The summed E-state index contributed by atoms with van der Waals surface area (Å²) in [6.07, 6.45) is 1.53. The summed E-state index contributed by atoms with van der Waals surface area (Å²) < 4.78 is 16.0. The zero-order valence-electron chi connectivity index (χ0n) is 18.3. The number of anilines is 1. The first kappa shape index (κ1) is 21.9. The number of aromatic nitrogens is 1. The van der Waals surface area contributed by atoms with Crippen molar-refractivity contribution in [2.45, 2.75) is 6.04 Å². The molecule has 1 amide bonds. The van der Waals surface area contributed by atoms with Gasteiger partial charge in [0.2, 0.25) is 0 Å². The maximum Gasteiger partial charge on any atom is 0.301 e. The Balaban J connectivity index is 1.96. The number of amides is 1. The molecule has 33 heavy (non-hydrogen) atoms. The second-order valence-electron chi connectivity index (χ2n) is 7.20. The summed E-state index contributed by atoms with van der Waals surface area (Å²) in [5, 5.41) is 11.2. The zero-order valence-corrected chi connectivity index (χ0v) is 18.3. The lowest BCUT2D eigenvalue weighted by molar-refractivity contribution is -0.132. The van der Waals surface area contributed by atoms with Crippen molar-refractivity contribution in [3.63, 3.8) is 0 Å². The molecule has 1 fully saturated rings. The number of pyridine rings is 1. The molecule has 2 heterocycles. The van der Waals surface area contributed by atoms with E-state index in [0.717, 1.165) is 0 Å². The van der Waals surface area contributed by atoms with Crippen LogP contribution in [-0.2, 0) is 9.59 Å². The molecule has 0 radical (unpaired) electrons. The second-order valence-corrected chi connectivity index (χ2v) is 7.20. The van der Waals surface area contributed by atoms with E-state index >= 15 is 0 Å². The molecule has 0 aliphatic carbocycles. The molecule has 1 N–H and O–H groups in total. The first-order valence-electron chi connectivity index (χ1n) is 10.1. The predicted octanol–water partition coefficient (Wildman–Crippen LogP) is 3.73. The van der Waals surface area contributed by atoms with Crippen LogP contribution in [0.15, 0.2) is 72.4 Å². The highest BCUT2D eigenvalue weighted by molar-refractivity contribution is 6.51. The molecule has 1 saturated heterocycles. The average molecular weight is 446 g/mol. The lowest BCUT2D eigenvalue weighted by atomic mass is 9.95. The Labute approximate surface area is 190 Å². The van der Waals surface area contributed by atoms with Gasteiger partial charge in [-0.3, -0.25) is 14.5 Å². The Hall–Kier alpha value is -4.33. The summed E-state index contributed by atoms with van der Waals surface area (Å²) in [5.74, 6) is -0.235. The molecule has 0 saturated carbocycles. The largest absolute Gasteiger partial charge is 0.507 e. The van der Waals surface area contributed by atoms with Gasteiger partial charge in [-0.2, -0.15) is 0 Å². The third kappa shape index (κ3) is 3.87. The number of aliphatic hydroxyl groups excluding tert-OH is 1. The quantitative estimate of drug-likeness (QED) is 0.350. The summed E-state index contributed by atoms with van der Waals surface area (Å²) >= 11 is 0. The number of Topliss-reactive ketones (excluding diaryl/α,β-unsaturated/α-hetero) is 1. The van der Waals surface area contributed by atoms with Crippen LogP contribution in [0.1, 0.15) is 17.2 Å². The number of methoxy groups -OCH3 is 3. The second kappa shape index (κ2) is 9.04. The van der Waals surface area contributed by atoms with Crippen molar-refractivity contribution in [3.8, 4) is 17.2 Å². The molecule has 3 aromatic rings. The van der Waals surface area contributed by atoms with E-state index in [1.807, 2.05) is 0 Å². The van der Waals surface area contributed by atoms with Crippen LogP contribution in [0, 0.1) is 0 Å². The van der Waals surface area contributed by atoms with Gasteiger partial charge in [0.15, 0.2) is 11.5 Å². The maximum absolute atomic E-state index is 13.2. The molecule has 8 heteroatoms. The van der Waals surface area contributed by atoms with Crippen molar-refractivity contribution in [1.29, 1.82) is 0 Å². The summed E-state index contributed by atoms with van der Waals surface area (Å²) in [6.45, 7) is 0. The van der Waals surface area contributed by atoms with Gasteiger partial charge in [-0.25, -0.2) is 4.98 Å². The zero-order chi connectivity index (χ0) is 23.5. The maximum atomic E-state index is 13.2. The fourth-order valence-electron chi connectivity index (χ4n) is 3.83. The van der Waals surface area contributed by atoms with Gasteiger partial charge in [0.1, 0.15) is 17.3 Å². The molecule has 2 aromatic carbocycles. The lowest BCUT2D eigenvalue weighted by Gasteiger charge is -2.25. The van der Waals surface area contributed by atoms with Crippen LogP contribution in [-0.4, -0.2) is 43.1 Å². The fourth-order valence-corrected chi connectivity index (χ4v) is 3.83. The summed E-state index contributed by atoms with van der Waals surface area (Å²) in [5.41, 5.74) is 0.826. The SMILES string of the molecule is COc1cccc(/C(O)=C2\C(=O)C(=O)N(c3ccccn3)[C@@H]2c2ccc(OC)c(OC)c2)c1. The molecule has 4 rings (SSSR count). The minimum absolute atomic E-state index is 0.0638. The van der Waals surface area contributed by atoms with E-state index in [9.17, 15) is 14.7 Å². The Morgan fingerprint density at radius 2 is 1.70 bits per heavy atom. The number of benzene rings is 2. The van der Waals surface area contributed by atoms with Crippen LogP contribution in [0.5, 0.6) is 17.2 Å². The van der Waals surface area contributed by atoms with Gasteiger partial charge in [0.05, 0.1) is 32.9 Å². The Bertz CT molecular complexity index is 1240. The topological polar surface area (TPSA) is 98.2 Å². The van der Waals surface area contributed by atoms with E-state index in [-0.39, 0.29) is 17.2 Å². The molecule has 0 bridgehead atoms. The molecule has 1 aliphatic heterocycles. The van der Waals surface area contributed by atoms with E-state index in [0.29, 0.717) is 28.4 Å². The first-order chi connectivity index (χ1) is 16.0. The van der Waals surface area contributed by atoms with Crippen molar-refractivity contribution in [2.24, 2.45) is 0 Å².